The van der Waals surface area contributed by atoms with Gasteiger partial charge in [-0.05, 0) is 40.6 Å². The van der Waals surface area contributed by atoms with Crippen molar-refractivity contribution in [3.05, 3.63) is 62.1 Å². The SMILES string of the molecule is COC(=O)c1csc(NC(=O)[C@H](Cc2ccsc2)n2c(O)c(-c3ccc4c(c3)OCCO4)[nH]c2=O)n1. The number of thiophene rings is 1. The zero-order chi connectivity index (χ0) is 25.2. The van der Waals surface area contributed by atoms with Crippen LogP contribution in [0.3, 0.4) is 0 Å². The molecule has 5 rings (SSSR count). The molecule has 4 aromatic rings. The van der Waals surface area contributed by atoms with Crippen LogP contribution in [0.4, 0.5) is 5.13 Å². The van der Waals surface area contributed by atoms with Gasteiger partial charge < -0.3 is 29.6 Å². The molecule has 0 bridgehead atoms. The molecule has 13 heteroatoms. The van der Waals surface area contributed by atoms with E-state index in [9.17, 15) is 19.5 Å². The molecule has 0 unspecified atom stereocenters. The van der Waals surface area contributed by atoms with Crippen molar-refractivity contribution in [1.82, 2.24) is 14.5 Å². The highest BCUT2D eigenvalue weighted by Crippen LogP contribution is 2.37. The third kappa shape index (κ3) is 4.57. The predicted octanol–water partition coefficient (Wildman–Crippen LogP) is 3.05. The number of carbonyl (C=O) groups excluding carboxylic acids is 2. The molecule has 0 saturated heterocycles. The Hall–Kier alpha value is -4.10. The first-order valence-corrected chi connectivity index (χ1v) is 12.6. The second-order valence-corrected chi connectivity index (χ2v) is 9.37. The molecule has 0 spiro atoms. The van der Waals surface area contributed by atoms with Gasteiger partial charge in [-0.25, -0.2) is 19.1 Å². The Bertz CT molecular complexity index is 1470. The smallest absolute Gasteiger partial charge is 0.357 e. The lowest BCUT2D eigenvalue weighted by Gasteiger charge is -2.19. The molecule has 1 aliphatic rings. The van der Waals surface area contributed by atoms with Crippen LogP contribution in [0.1, 0.15) is 22.1 Å². The number of thiazole rings is 1. The monoisotopic (exact) mass is 528 g/mol. The van der Waals surface area contributed by atoms with Crippen molar-refractivity contribution in [2.45, 2.75) is 12.5 Å². The van der Waals surface area contributed by atoms with Gasteiger partial charge in [0.2, 0.25) is 11.8 Å². The van der Waals surface area contributed by atoms with Crippen molar-refractivity contribution in [1.29, 1.82) is 0 Å². The number of imidazole rings is 1. The molecule has 1 aliphatic heterocycles. The molecule has 0 aliphatic carbocycles. The standard InChI is InChI=1S/C23H20N4O7S2/c1-32-21(30)14-11-36-22(24-14)26-19(28)15(8-12-4-7-35-10-12)27-20(29)18(25-23(27)31)13-2-3-16-17(9-13)34-6-5-33-16/h2-4,7,9-11,15,29H,5-6,8H2,1H3,(H,25,31)(H,24,26,28)/t15-/m0/s1. The van der Waals surface area contributed by atoms with E-state index in [1.807, 2.05) is 16.8 Å². The summed E-state index contributed by atoms with van der Waals surface area (Å²) in [6.07, 6.45) is 0.135. The number of methoxy groups -OCH3 is 1. The van der Waals surface area contributed by atoms with Crippen molar-refractivity contribution >= 4 is 39.7 Å². The van der Waals surface area contributed by atoms with E-state index in [1.54, 1.807) is 18.2 Å². The van der Waals surface area contributed by atoms with E-state index in [-0.39, 0.29) is 22.9 Å². The number of nitrogens with zero attached hydrogens (tertiary/aromatic N) is 2. The van der Waals surface area contributed by atoms with E-state index >= 15 is 0 Å². The largest absolute Gasteiger partial charge is 0.493 e. The lowest BCUT2D eigenvalue weighted by molar-refractivity contribution is -0.119. The first kappa shape index (κ1) is 23.6. The molecule has 3 aromatic heterocycles. The third-order valence-electron chi connectivity index (χ3n) is 5.49. The van der Waals surface area contributed by atoms with Crippen LogP contribution >= 0.6 is 22.7 Å². The number of rotatable bonds is 7. The van der Waals surface area contributed by atoms with Crippen LogP contribution < -0.4 is 20.5 Å². The van der Waals surface area contributed by atoms with E-state index < -0.39 is 29.5 Å². The van der Waals surface area contributed by atoms with Gasteiger partial charge in [0.15, 0.2) is 22.3 Å². The summed E-state index contributed by atoms with van der Waals surface area (Å²) in [5.74, 6) is -0.566. The van der Waals surface area contributed by atoms with Crippen molar-refractivity contribution < 1.29 is 28.9 Å². The number of benzene rings is 1. The quantitative estimate of drug-likeness (QED) is 0.311. The number of nitrogens with one attached hydrogen (secondary N) is 2. The van der Waals surface area contributed by atoms with Gasteiger partial charge in [0, 0.05) is 17.4 Å². The van der Waals surface area contributed by atoms with Gasteiger partial charge in [0.05, 0.1) is 7.11 Å². The number of aromatic nitrogens is 3. The first-order valence-electron chi connectivity index (χ1n) is 10.7. The van der Waals surface area contributed by atoms with Crippen LogP contribution in [0.15, 0.2) is 45.2 Å². The Morgan fingerprint density at radius 2 is 2.06 bits per heavy atom. The van der Waals surface area contributed by atoms with Crippen LogP contribution in [0.5, 0.6) is 17.4 Å². The number of carbonyl (C=O) groups is 2. The van der Waals surface area contributed by atoms with E-state index in [0.717, 1.165) is 21.5 Å². The van der Waals surface area contributed by atoms with Crippen molar-refractivity contribution in [3.8, 4) is 28.6 Å². The molecular formula is C23H20N4O7S2. The van der Waals surface area contributed by atoms with E-state index in [2.05, 4.69) is 20.0 Å². The maximum Gasteiger partial charge on any atom is 0.357 e. The highest BCUT2D eigenvalue weighted by Gasteiger charge is 2.29. The van der Waals surface area contributed by atoms with E-state index in [4.69, 9.17) is 9.47 Å². The number of esters is 1. The number of hydrogen-bond acceptors (Lipinski definition) is 10. The molecule has 1 amide bonds. The summed E-state index contributed by atoms with van der Waals surface area (Å²) in [5.41, 5.74) is 0.826. The van der Waals surface area contributed by atoms with Crippen molar-refractivity contribution in [2.75, 3.05) is 25.6 Å². The normalized spacial score (nSPS) is 13.2. The minimum atomic E-state index is -1.11. The summed E-state index contributed by atoms with van der Waals surface area (Å²) in [7, 11) is 1.23. The fraction of sp³-hybridized carbons (Fsp3) is 0.217. The lowest BCUT2D eigenvalue weighted by Crippen LogP contribution is -2.33. The van der Waals surface area contributed by atoms with Crippen LogP contribution in [0.25, 0.3) is 11.3 Å². The molecule has 0 radical (unpaired) electrons. The molecule has 186 valence electrons. The number of aromatic hydroxyl groups is 1. The zero-order valence-electron chi connectivity index (χ0n) is 18.8. The maximum absolute atomic E-state index is 13.4. The number of amides is 1. The lowest BCUT2D eigenvalue weighted by atomic mass is 10.1. The summed E-state index contributed by atoms with van der Waals surface area (Å²) >= 11 is 2.49. The molecule has 36 heavy (non-hydrogen) atoms. The van der Waals surface area contributed by atoms with Crippen LogP contribution in [0, 0.1) is 0 Å². The summed E-state index contributed by atoms with van der Waals surface area (Å²) < 4.78 is 16.8. The van der Waals surface area contributed by atoms with Crippen molar-refractivity contribution in [3.63, 3.8) is 0 Å². The van der Waals surface area contributed by atoms with Gasteiger partial charge >= 0.3 is 11.7 Å². The number of fused-ring (bicyclic) bond motifs is 1. The summed E-state index contributed by atoms with van der Waals surface area (Å²) in [5, 5.41) is 19.1. The van der Waals surface area contributed by atoms with E-state index in [0.29, 0.717) is 30.3 Å². The fourth-order valence-electron chi connectivity index (χ4n) is 3.78. The van der Waals surface area contributed by atoms with Gasteiger partial charge in [0.1, 0.15) is 24.9 Å². The van der Waals surface area contributed by atoms with Gasteiger partial charge in [-0.15, -0.1) is 11.3 Å². The highest BCUT2D eigenvalue weighted by atomic mass is 32.1. The summed E-state index contributed by atoms with van der Waals surface area (Å²) in [6.45, 7) is 0.821. The number of hydrogen-bond donors (Lipinski definition) is 3. The Balaban J connectivity index is 1.49. The van der Waals surface area contributed by atoms with Crippen LogP contribution in [-0.4, -0.2) is 51.8 Å². The average Bonchev–Trinajstić information content (AvgIpc) is 3.63. The third-order valence-corrected chi connectivity index (χ3v) is 6.98. The minimum absolute atomic E-state index is 0.0507. The Morgan fingerprint density at radius 1 is 1.25 bits per heavy atom. The van der Waals surface area contributed by atoms with Gasteiger partial charge in [-0.1, -0.05) is 0 Å². The van der Waals surface area contributed by atoms with E-state index in [1.165, 1.54) is 23.8 Å². The molecular weight excluding hydrogens is 508 g/mol. The molecule has 1 atom stereocenters. The first-order chi connectivity index (χ1) is 17.4. The maximum atomic E-state index is 13.4. The zero-order valence-corrected chi connectivity index (χ0v) is 20.5. The second kappa shape index (κ2) is 9.87. The Kier molecular flexibility index (Phi) is 6.48. The molecule has 0 saturated carbocycles. The Morgan fingerprint density at radius 3 is 2.81 bits per heavy atom. The fourth-order valence-corrected chi connectivity index (χ4v) is 5.14. The van der Waals surface area contributed by atoms with Crippen LogP contribution in [-0.2, 0) is 16.0 Å². The number of ether oxygens (including phenoxy) is 3. The number of aromatic amines is 1. The Labute approximate surface area is 211 Å². The topological polar surface area (TPSA) is 145 Å². The minimum Gasteiger partial charge on any atom is -0.493 e. The van der Waals surface area contributed by atoms with Gasteiger partial charge in [-0.2, -0.15) is 11.3 Å². The van der Waals surface area contributed by atoms with Gasteiger partial charge in [0.25, 0.3) is 0 Å². The van der Waals surface area contributed by atoms with Gasteiger partial charge in [-0.3, -0.25) is 4.79 Å². The molecule has 11 nitrogen and oxygen atoms in total. The molecule has 4 heterocycles. The molecule has 3 N–H and O–H groups in total. The predicted molar refractivity (Wildman–Crippen MR) is 132 cm³/mol. The summed E-state index contributed by atoms with van der Waals surface area (Å²) in [6, 6.07) is 5.75. The number of H-pyrrole nitrogens is 1. The second-order valence-electron chi connectivity index (χ2n) is 7.73. The average molecular weight is 529 g/mol. The summed E-state index contributed by atoms with van der Waals surface area (Å²) in [4.78, 5) is 44.8. The molecule has 0 fully saturated rings. The van der Waals surface area contributed by atoms with Crippen molar-refractivity contribution in [2.24, 2.45) is 0 Å². The molecule has 1 aromatic carbocycles. The van der Waals surface area contributed by atoms with Crippen LogP contribution in [0.2, 0.25) is 0 Å². The number of anilines is 1. The highest BCUT2D eigenvalue weighted by molar-refractivity contribution is 7.14.